The maximum absolute atomic E-state index is 6.89. The molecule has 0 spiro atoms. The first-order chi connectivity index (χ1) is 6.27. The molecule has 0 aliphatic carbocycles. The average Bonchev–Trinajstić information content (AvgIpc) is 2.15. The number of benzene rings is 1. The minimum atomic E-state index is 0.367. The van der Waals surface area contributed by atoms with Gasteiger partial charge >= 0.3 is 0 Å². The second kappa shape index (κ2) is 4.42. The van der Waals surface area contributed by atoms with Crippen LogP contribution in [-0.2, 0) is 4.74 Å². The van der Waals surface area contributed by atoms with Crippen LogP contribution in [-0.4, -0.2) is 13.8 Å². The highest BCUT2D eigenvalue weighted by molar-refractivity contribution is 5.69. The van der Waals surface area contributed by atoms with Gasteiger partial charge < -0.3 is 15.8 Å². The summed E-state index contributed by atoms with van der Waals surface area (Å²) in [6.07, 6.45) is 0. The molecule has 70 valence electrons. The third-order valence-corrected chi connectivity index (χ3v) is 1.55. The van der Waals surface area contributed by atoms with Gasteiger partial charge in [-0.2, -0.15) is 5.11 Å². The highest BCUT2D eigenvalue weighted by atomic mass is 16.5. The molecule has 0 aliphatic rings. The third kappa shape index (κ3) is 2.41. The topological polar surface area (TPSA) is 83.5 Å². The van der Waals surface area contributed by atoms with Crippen LogP contribution in [0.3, 0.4) is 0 Å². The lowest BCUT2D eigenvalue weighted by molar-refractivity contribution is 0.221. The van der Waals surface area contributed by atoms with E-state index >= 15 is 0 Å². The standard InChI is InChI=1S/C8H12N4O/c1-13-5-11-8-4-6(9)2-3-7(8)12-10/h2-4,10-11H,5,9H2,1H3. The second-order valence-electron chi connectivity index (χ2n) is 2.50. The summed E-state index contributed by atoms with van der Waals surface area (Å²) in [7, 11) is 1.58. The Balaban J connectivity index is 2.87. The Labute approximate surface area is 76.4 Å². The van der Waals surface area contributed by atoms with Crippen LogP contribution in [0.1, 0.15) is 0 Å². The highest BCUT2D eigenvalue weighted by Crippen LogP contribution is 2.26. The van der Waals surface area contributed by atoms with Gasteiger partial charge in [-0.3, -0.25) is 0 Å². The molecule has 0 fully saturated rings. The largest absolute Gasteiger partial charge is 0.399 e. The van der Waals surface area contributed by atoms with Crippen molar-refractivity contribution < 1.29 is 4.74 Å². The van der Waals surface area contributed by atoms with Crippen molar-refractivity contribution in [3.8, 4) is 0 Å². The molecule has 0 aromatic heterocycles. The molecule has 0 saturated heterocycles. The molecule has 1 aromatic rings. The number of nitrogens with two attached hydrogens (primary N) is 1. The first-order valence-corrected chi connectivity index (χ1v) is 3.77. The Morgan fingerprint density at radius 2 is 2.38 bits per heavy atom. The second-order valence-corrected chi connectivity index (χ2v) is 2.50. The highest BCUT2D eigenvalue weighted by Gasteiger charge is 2.00. The molecule has 13 heavy (non-hydrogen) atoms. The molecule has 1 rings (SSSR count). The Kier molecular flexibility index (Phi) is 3.22. The SMILES string of the molecule is COCNc1cc(N)ccc1N=N. The summed E-state index contributed by atoms with van der Waals surface area (Å²) in [5, 5.41) is 6.28. The first kappa shape index (κ1) is 9.47. The van der Waals surface area contributed by atoms with Crippen LogP contribution in [0.2, 0.25) is 0 Å². The summed E-state index contributed by atoms with van der Waals surface area (Å²) in [6, 6.07) is 5.10. The zero-order chi connectivity index (χ0) is 9.68. The lowest BCUT2D eigenvalue weighted by Crippen LogP contribution is -2.03. The fraction of sp³-hybridized carbons (Fsp3) is 0.250. The molecule has 0 radical (unpaired) electrons. The number of nitrogen functional groups attached to an aromatic ring is 1. The van der Waals surface area contributed by atoms with Gasteiger partial charge in [0.15, 0.2) is 0 Å². The van der Waals surface area contributed by atoms with Crippen molar-refractivity contribution in [2.75, 3.05) is 24.9 Å². The van der Waals surface area contributed by atoms with Crippen LogP contribution in [0.25, 0.3) is 0 Å². The molecule has 1 aromatic carbocycles. The van der Waals surface area contributed by atoms with E-state index in [1.807, 2.05) is 0 Å². The number of methoxy groups -OCH3 is 1. The summed E-state index contributed by atoms with van der Waals surface area (Å²) in [6.45, 7) is 0.367. The van der Waals surface area contributed by atoms with Crippen molar-refractivity contribution in [1.82, 2.24) is 0 Å². The third-order valence-electron chi connectivity index (χ3n) is 1.55. The Bertz CT molecular complexity index is 300. The number of anilines is 2. The van der Waals surface area contributed by atoms with Crippen LogP contribution in [0.4, 0.5) is 17.1 Å². The molecule has 0 atom stereocenters. The number of hydrogen-bond acceptors (Lipinski definition) is 5. The van der Waals surface area contributed by atoms with Gasteiger partial charge in [-0.15, -0.1) is 0 Å². The van der Waals surface area contributed by atoms with Gasteiger partial charge in [0, 0.05) is 12.8 Å². The van der Waals surface area contributed by atoms with Gasteiger partial charge in [-0.1, -0.05) is 0 Å². The molecule has 0 bridgehead atoms. The van der Waals surface area contributed by atoms with Crippen molar-refractivity contribution in [2.24, 2.45) is 5.11 Å². The van der Waals surface area contributed by atoms with Crippen LogP contribution in [0, 0.1) is 5.53 Å². The lowest BCUT2D eigenvalue weighted by atomic mass is 10.2. The number of hydrogen-bond donors (Lipinski definition) is 3. The van der Waals surface area contributed by atoms with E-state index in [0.29, 0.717) is 23.8 Å². The molecule has 0 aliphatic heterocycles. The van der Waals surface area contributed by atoms with Crippen LogP contribution in [0.15, 0.2) is 23.3 Å². The van der Waals surface area contributed by atoms with E-state index in [4.69, 9.17) is 16.0 Å². The summed E-state index contributed by atoms with van der Waals surface area (Å²) in [4.78, 5) is 0. The van der Waals surface area contributed by atoms with Crippen molar-refractivity contribution in [3.63, 3.8) is 0 Å². The molecule has 5 heteroatoms. The summed E-state index contributed by atoms with van der Waals surface area (Å²) >= 11 is 0. The van der Waals surface area contributed by atoms with E-state index in [-0.39, 0.29) is 0 Å². The fourth-order valence-electron chi connectivity index (χ4n) is 0.943. The van der Waals surface area contributed by atoms with Gasteiger partial charge in [0.1, 0.15) is 12.4 Å². The number of nitrogens with one attached hydrogen (secondary N) is 2. The van der Waals surface area contributed by atoms with Crippen LogP contribution in [0.5, 0.6) is 0 Å². The number of rotatable bonds is 4. The molecule has 0 unspecified atom stereocenters. The van der Waals surface area contributed by atoms with Gasteiger partial charge in [0.25, 0.3) is 0 Å². The molecular formula is C8H12N4O. The summed E-state index contributed by atoms with van der Waals surface area (Å²) in [5.74, 6) is 0. The normalized spacial score (nSPS) is 9.62. The van der Waals surface area contributed by atoms with E-state index < -0.39 is 0 Å². The van der Waals surface area contributed by atoms with E-state index in [9.17, 15) is 0 Å². The Hall–Kier alpha value is -1.62. The van der Waals surface area contributed by atoms with Crippen molar-refractivity contribution >= 4 is 17.1 Å². The lowest BCUT2D eigenvalue weighted by Gasteiger charge is -2.07. The van der Waals surface area contributed by atoms with Crippen LogP contribution >= 0.6 is 0 Å². The average molecular weight is 180 g/mol. The van der Waals surface area contributed by atoms with Gasteiger partial charge in [0.05, 0.1) is 5.69 Å². The molecule has 4 N–H and O–H groups in total. The van der Waals surface area contributed by atoms with E-state index in [1.165, 1.54) is 0 Å². The summed E-state index contributed by atoms with van der Waals surface area (Å²) in [5.41, 5.74) is 14.3. The van der Waals surface area contributed by atoms with E-state index in [1.54, 1.807) is 25.3 Å². The zero-order valence-electron chi connectivity index (χ0n) is 7.37. The van der Waals surface area contributed by atoms with Crippen LogP contribution < -0.4 is 11.1 Å². The van der Waals surface area contributed by atoms with E-state index in [2.05, 4.69) is 10.4 Å². The predicted octanol–water partition coefficient (Wildman–Crippen LogP) is 1.95. The summed E-state index contributed by atoms with van der Waals surface area (Å²) < 4.78 is 4.83. The molecular weight excluding hydrogens is 168 g/mol. The molecule has 5 nitrogen and oxygen atoms in total. The first-order valence-electron chi connectivity index (χ1n) is 3.77. The Morgan fingerprint density at radius 1 is 1.62 bits per heavy atom. The smallest absolute Gasteiger partial charge is 0.116 e. The van der Waals surface area contributed by atoms with Gasteiger partial charge in [-0.05, 0) is 18.2 Å². The maximum Gasteiger partial charge on any atom is 0.116 e. The zero-order valence-corrected chi connectivity index (χ0v) is 7.37. The number of ether oxygens (including phenoxy) is 1. The maximum atomic E-state index is 6.89. The van der Waals surface area contributed by atoms with Gasteiger partial charge in [0.2, 0.25) is 0 Å². The van der Waals surface area contributed by atoms with Crippen molar-refractivity contribution in [2.45, 2.75) is 0 Å². The van der Waals surface area contributed by atoms with E-state index in [0.717, 1.165) is 0 Å². The number of nitrogens with zero attached hydrogens (tertiary/aromatic N) is 1. The molecule has 0 heterocycles. The minimum absolute atomic E-state index is 0.367. The quantitative estimate of drug-likeness (QED) is 0.376. The monoisotopic (exact) mass is 180 g/mol. The minimum Gasteiger partial charge on any atom is -0.399 e. The predicted molar refractivity (Wildman–Crippen MR) is 51.2 cm³/mol. The molecule has 0 amide bonds. The van der Waals surface area contributed by atoms with Crippen molar-refractivity contribution in [3.05, 3.63) is 18.2 Å². The fourth-order valence-corrected chi connectivity index (χ4v) is 0.943. The van der Waals surface area contributed by atoms with Gasteiger partial charge in [-0.25, -0.2) is 5.53 Å². The Morgan fingerprint density at radius 3 is 3.00 bits per heavy atom. The van der Waals surface area contributed by atoms with Crippen molar-refractivity contribution in [1.29, 1.82) is 5.53 Å². The molecule has 0 saturated carbocycles.